The van der Waals surface area contributed by atoms with Crippen molar-refractivity contribution in [3.8, 4) is 0 Å². The number of nitrogens with zero attached hydrogens (tertiary/aromatic N) is 2. The van der Waals surface area contributed by atoms with Crippen molar-refractivity contribution < 1.29 is 8.42 Å². The molecular formula is C12H8ClN3O2S2. The van der Waals surface area contributed by atoms with Crippen LogP contribution >= 0.6 is 22.9 Å². The molecule has 8 heteroatoms. The number of fused-ring (bicyclic) bond motifs is 1. The molecule has 3 aromatic rings. The number of hydrogen-bond donors (Lipinski definition) is 1. The monoisotopic (exact) mass is 325 g/mol. The van der Waals surface area contributed by atoms with Gasteiger partial charge in [-0.25, -0.2) is 23.1 Å². The second-order valence-corrected chi connectivity index (χ2v) is 7.35. The Bertz CT molecular complexity index is 863. The van der Waals surface area contributed by atoms with Gasteiger partial charge in [-0.15, -0.1) is 11.3 Å². The van der Waals surface area contributed by atoms with Crippen LogP contribution in [0.3, 0.4) is 0 Å². The molecule has 5 nitrogen and oxygen atoms in total. The molecule has 0 unspecified atom stereocenters. The van der Waals surface area contributed by atoms with Gasteiger partial charge in [0.2, 0.25) is 5.95 Å². The van der Waals surface area contributed by atoms with E-state index in [1.54, 1.807) is 30.3 Å². The minimum absolute atomic E-state index is 0.0444. The Kier molecular flexibility index (Phi) is 3.33. The molecule has 0 aliphatic heterocycles. The first-order valence-electron chi connectivity index (χ1n) is 5.53. The van der Waals surface area contributed by atoms with Gasteiger partial charge in [0.05, 0.1) is 0 Å². The molecule has 0 fully saturated rings. The Balaban J connectivity index is 2.01. The van der Waals surface area contributed by atoms with Crippen LogP contribution < -0.4 is 4.72 Å². The molecule has 0 saturated heterocycles. The summed E-state index contributed by atoms with van der Waals surface area (Å²) in [7, 11) is -3.69. The predicted molar refractivity (Wildman–Crippen MR) is 79.7 cm³/mol. The molecule has 2 heterocycles. The molecule has 3 rings (SSSR count). The van der Waals surface area contributed by atoms with Gasteiger partial charge >= 0.3 is 0 Å². The van der Waals surface area contributed by atoms with Crippen LogP contribution in [-0.2, 0) is 10.0 Å². The highest BCUT2D eigenvalue weighted by molar-refractivity contribution is 7.94. The van der Waals surface area contributed by atoms with Crippen LogP contribution in [0, 0.1) is 0 Å². The third kappa shape index (κ3) is 2.60. The van der Waals surface area contributed by atoms with Gasteiger partial charge in [-0.1, -0.05) is 11.6 Å². The Morgan fingerprint density at radius 3 is 2.65 bits per heavy atom. The molecule has 0 aliphatic rings. The highest BCUT2D eigenvalue weighted by Crippen LogP contribution is 2.31. The minimum atomic E-state index is -3.69. The van der Waals surface area contributed by atoms with E-state index in [1.807, 2.05) is 0 Å². The van der Waals surface area contributed by atoms with Gasteiger partial charge in [0.1, 0.15) is 4.21 Å². The van der Waals surface area contributed by atoms with Gasteiger partial charge in [-0.05, 0) is 35.7 Å². The average molecular weight is 326 g/mol. The number of anilines is 1. The smallest absolute Gasteiger partial charge is 0.247 e. The van der Waals surface area contributed by atoms with Crippen LogP contribution in [-0.4, -0.2) is 18.4 Å². The molecule has 20 heavy (non-hydrogen) atoms. The standard InChI is InChI=1S/C12H8ClN3O2S2/c13-9-2-3-10-8(6-9)7-11(19-10)20(17,18)16-12-14-4-1-5-15-12/h1-7H,(H,14,15,16). The molecule has 1 N–H and O–H groups in total. The number of halogens is 1. The fraction of sp³-hybridized carbons (Fsp3) is 0. The number of benzene rings is 1. The van der Waals surface area contributed by atoms with Gasteiger partial charge < -0.3 is 0 Å². The molecule has 0 saturated carbocycles. The van der Waals surface area contributed by atoms with Crippen molar-refractivity contribution >= 4 is 49.0 Å². The summed E-state index contributed by atoms with van der Waals surface area (Å²) in [4.78, 5) is 7.68. The Hall–Kier alpha value is -1.70. The number of hydrogen-bond acceptors (Lipinski definition) is 5. The van der Waals surface area contributed by atoms with E-state index in [-0.39, 0.29) is 10.2 Å². The van der Waals surface area contributed by atoms with Crippen LogP contribution in [0.1, 0.15) is 0 Å². The van der Waals surface area contributed by atoms with E-state index < -0.39 is 10.0 Å². The van der Waals surface area contributed by atoms with E-state index in [0.29, 0.717) is 5.02 Å². The first kappa shape index (κ1) is 13.3. The molecule has 0 aliphatic carbocycles. The maximum absolute atomic E-state index is 12.2. The normalized spacial score (nSPS) is 11.7. The van der Waals surface area contributed by atoms with Crippen LogP contribution in [0.15, 0.2) is 46.9 Å². The molecule has 1 aromatic carbocycles. The highest BCUT2D eigenvalue weighted by atomic mass is 35.5. The first-order valence-corrected chi connectivity index (χ1v) is 8.21. The number of rotatable bonds is 3. The van der Waals surface area contributed by atoms with Crippen molar-refractivity contribution in [2.45, 2.75) is 4.21 Å². The van der Waals surface area contributed by atoms with E-state index in [1.165, 1.54) is 23.7 Å². The van der Waals surface area contributed by atoms with E-state index in [2.05, 4.69) is 14.7 Å². The largest absolute Gasteiger partial charge is 0.273 e. The van der Waals surface area contributed by atoms with Gasteiger partial charge in [0.15, 0.2) is 0 Å². The fourth-order valence-corrected chi connectivity index (χ4v) is 4.16. The van der Waals surface area contributed by atoms with Crippen LogP contribution in [0.4, 0.5) is 5.95 Å². The van der Waals surface area contributed by atoms with Crippen molar-refractivity contribution in [3.63, 3.8) is 0 Å². The summed E-state index contributed by atoms with van der Waals surface area (Å²) in [6.07, 6.45) is 2.94. The SMILES string of the molecule is O=S(=O)(Nc1ncccn1)c1cc2cc(Cl)ccc2s1. The van der Waals surface area contributed by atoms with Crippen molar-refractivity contribution in [2.75, 3.05) is 4.72 Å². The summed E-state index contributed by atoms with van der Waals surface area (Å²) >= 11 is 7.06. The van der Waals surface area contributed by atoms with Gasteiger partial charge in [0.25, 0.3) is 10.0 Å². The Labute approximate surface area is 124 Å². The summed E-state index contributed by atoms with van der Waals surface area (Å²) in [6.45, 7) is 0. The molecule has 102 valence electrons. The second kappa shape index (κ2) is 5.01. The molecule has 0 amide bonds. The zero-order valence-electron chi connectivity index (χ0n) is 9.95. The molecular weight excluding hydrogens is 318 g/mol. The summed E-state index contributed by atoms with van der Waals surface area (Å²) in [5.41, 5.74) is 0. The average Bonchev–Trinajstić information content (AvgIpc) is 2.83. The lowest BCUT2D eigenvalue weighted by molar-refractivity contribution is 0.603. The second-order valence-electron chi connectivity index (χ2n) is 3.93. The Morgan fingerprint density at radius 1 is 1.15 bits per heavy atom. The summed E-state index contributed by atoms with van der Waals surface area (Å²) in [6, 6.07) is 8.44. The first-order chi connectivity index (χ1) is 9.54. The van der Waals surface area contributed by atoms with Gasteiger partial charge in [-0.2, -0.15) is 0 Å². The van der Waals surface area contributed by atoms with Crippen molar-refractivity contribution in [1.82, 2.24) is 9.97 Å². The van der Waals surface area contributed by atoms with Crippen molar-refractivity contribution in [2.24, 2.45) is 0 Å². The van der Waals surface area contributed by atoms with E-state index in [0.717, 1.165) is 10.1 Å². The van der Waals surface area contributed by atoms with Crippen molar-refractivity contribution in [1.29, 1.82) is 0 Å². The number of sulfonamides is 1. The quantitative estimate of drug-likeness (QED) is 0.803. The lowest BCUT2D eigenvalue weighted by Gasteiger charge is -2.02. The summed E-state index contributed by atoms with van der Waals surface area (Å²) in [5.74, 6) is 0.0444. The molecule has 2 aromatic heterocycles. The molecule has 0 spiro atoms. The van der Waals surface area contributed by atoms with Crippen LogP contribution in [0.25, 0.3) is 10.1 Å². The maximum atomic E-state index is 12.2. The zero-order chi connectivity index (χ0) is 14.2. The maximum Gasteiger partial charge on any atom is 0.273 e. The van der Waals surface area contributed by atoms with Crippen LogP contribution in [0.5, 0.6) is 0 Å². The topological polar surface area (TPSA) is 72.0 Å². The minimum Gasteiger partial charge on any atom is -0.247 e. The third-order valence-corrected chi connectivity index (χ3v) is 5.66. The third-order valence-electron chi connectivity index (χ3n) is 2.51. The zero-order valence-corrected chi connectivity index (χ0v) is 12.3. The van der Waals surface area contributed by atoms with E-state index in [9.17, 15) is 8.42 Å². The predicted octanol–water partition coefficient (Wildman–Crippen LogP) is 3.15. The van der Waals surface area contributed by atoms with Gasteiger partial charge in [0, 0.05) is 22.1 Å². The number of thiophene rings is 1. The number of nitrogens with one attached hydrogen (secondary N) is 1. The lowest BCUT2D eigenvalue weighted by atomic mass is 10.3. The van der Waals surface area contributed by atoms with Crippen LogP contribution in [0.2, 0.25) is 5.02 Å². The van der Waals surface area contributed by atoms with Gasteiger partial charge in [-0.3, -0.25) is 0 Å². The summed E-state index contributed by atoms with van der Waals surface area (Å²) in [5, 5.41) is 1.36. The summed E-state index contributed by atoms with van der Waals surface area (Å²) < 4.78 is 27.9. The Morgan fingerprint density at radius 2 is 1.90 bits per heavy atom. The van der Waals surface area contributed by atoms with E-state index in [4.69, 9.17) is 11.6 Å². The number of aromatic nitrogens is 2. The fourth-order valence-electron chi connectivity index (χ4n) is 1.64. The van der Waals surface area contributed by atoms with E-state index >= 15 is 0 Å². The molecule has 0 bridgehead atoms. The molecule has 0 radical (unpaired) electrons. The lowest BCUT2D eigenvalue weighted by Crippen LogP contribution is -2.13. The highest BCUT2D eigenvalue weighted by Gasteiger charge is 2.18. The molecule has 0 atom stereocenters. The van der Waals surface area contributed by atoms with Crippen molar-refractivity contribution in [3.05, 3.63) is 47.7 Å².